The van der Waals surface area contributed by atoms with Gasteiger partial charge < -0.3 is 15.0 Å². The molecule has 3 aromatic rings. The van der Waals surface area contributed by atoms with Gasteiger partial charge in [-0.1, -0.05) is 0 Å². The molecule has 0 bridgehead atoms. The number of anilines is 1. The number of aromatic nitrogens is 2. The fraction of sp³-hybridized carbons (Fsp3) is 0.346. The van der Waals surface area contributed by atoms with Crippen LogP contribution in [0.4, 0.5) is 19.0 Å². The van der Waals surface area contributed by atoms with Crippen molar-refractivity contribution in [3.8, 4) is 11.5 Å². The summed E-state index contributed by atoms with van der Waals surface area (Å²) >= 11 is 0. The van der Waals surface area contributed by atoms with Gasteiger partial charge in [0, 0.05) is 37.5 Å². The number of pyridine rings is 2. The number of likely N-dealkylation sites (tertiary alicyclic amines) is 1. The molecule has 1 unspecified atom stereocenters. The van der Waals surface area contributed by atoms with Gasteiger partial charge >= 0.3 is 0 Å². The number of halogens is 3. The molecule has 208 valence electrons. The molecule has 1 amide bonds. The van der Waals surface area contributed by atoms with Crippen molar-refractivity contribution in [2.24, 2.45) is 0 Å². The van der Waals surface area contributed by atoms with E-state index in [1.54, 1.807) is 17.9 Å². The van der Waals surface area contributed by atoms with Crippen molar-refractivity contribution >= 4 is 21.6 Å². The molecule has 0 saturated carbocycles. The van der Waals surface area contributed by atoms with E-state index >= 15 is 0 Å². The Labute approximate surface area is 222 Å². The number of benzene rings is 1. The lowest BCUT2D eigenvalue weighted by molar-refractivity contribution is -0.125. The highest BCUT2D eigenvalue weighted by Gasteiger charge is 2.46. The van der Waals surface area contributed by atoms with Gasteiger partial charge in [0.25, 0.3) is 11.5 Å². The van der Waals surface area contributed by atoms with Gasteiger partial charge in [0.2, 0.25) is 5.91 Å². The number of alkyl halides is 2. The molecule has 0 radical (unpaired) electrons. The zero-order valence-electron chi connectivity index (χ0n) is 21.2. The van der Waals surface area contributed by atoms with E-state index < -0.39 is 57.2 Å². The molecule has 1 fully saturated rings. The highest BCUT2D eigenvalue weighted by molar-refractivity contribution is 7.89. The monoisotopic (exact) mass is 564 g/mol. The number of piperidine rings is 1. The van der Waals surface area contributed by atoms with E-state index in [9.17, 15) is 31.2 Å². The highest BCUT2D eigenvalue weighted by atomic mass is 32.2. The van der Waals surface area contributed by atoms with Crippen molar-refractivity contribution in [2.75, 3.05) is 24.7 Å². The van der Waals surface area contributed by atoms with Crippen LogP contribution in [0, 0.1) is 5.82 Å². The summed E-state index contributed by atoms with van der Waals surface area (Å²) in [6, 6.07) is 8.92. The van der Waals surface area contributed by atoms with Crippen molar-refractivity contribution in [3.63, 3.8) is 0 Å². The summed E-state index contributed by atoms with van der Waals surface area (Å²) in [6.45, 7) is 1.35. The van der Waals surface area contributed by atoms with Crippen molar-refractivity contribution < 1.29 is 31.1 Å². The molecule has 9 nitrogen and oxygen atoms in total. The summed E-state index contributed by atoms with van der Waals surface area (Å²) in [7, 11) is -3.56. The molecule has 2 N–H and O–H groups in total. The van der Waals surface area contributed by atoms with Crippen LogP contribution in [-0.4, -0.2) is 60.5 Å². The number of amides is 1. The van der Waals surface area contributed by atoms with E-state index in [-0.39, 0.29) is 30.0 Å². The number of H-pyrrole nitrogens is 1. The van der Waals surface area contributed by atoms with E-state index in [4.69, 9.17) is 4.74 Å². The lowest BCUT2D eigenvalue weighted by Gasteiger charge is -2.40. The van der Waals surface area contributed by atoms with E-state index in [1.807, 2.05) is 0 Å². The zero-order chi connectivity index (χ0) is 28.4. The van der Waals surface area contributed by atoms with Gasteiger partial charge in [-0.05, 0) is 55.0 Å². The minimum absolute atomic E-state index is 0.0461. The van der Waals surface area contributed by atoms with E-state index in [0.717, 1.165) is 6.26 Å². The number of hydrogen-bond acceptors (Lipinski definition) is 7. The Balaban J connectivity index is 1.43. The minimum atomic E-state index is -3.56. The molecule has 1 aromatic carbocycles. The first-order chi connectivity index (χ1) is 18.3. The standard InChI is InChI=1S/C26H27F3N4O5S/c1-16(24(34)32-23-8-7-21(13-30-23)38-20-5-3-19(27)4-6-20)33-10-9-26(28,29)22(14-33)17-11-18(15-39(2,36)37)25(35)31-12-17/h3-8,11-13,16,22H,9-10,14-15H2,1-2H3,(H,31,35)(H,30,32,34)/t16?,22-/m1/s1. The maximum atomic E-state index is 14.9. The molecule has 1 aliphatic heterocycles. The fourth-order valence-corrected chi connectivity index (χ4v) is 5.10. The largest absolute Gasteiger partial charge is 0.456 e. The summed E-state index contributed by atoms with van der Waals surface area (Å²) in [5.41, 5.74) is -0.685. The molecule has 4 rings (SSSR count). The second-order valence-electron chi connectivity index (χ2n) is 9.52. The molecule has 2 aromatic heterocycles. The Morgan fingerprint density at radius 1 is 1.23 bits per heavy atom. The van der Waals surface area contributed by atoms with Crippen LogP contribution >= 0.6 is 0 Å². The number of rotatable bonds is 8. The fourth-order valence-electron chi connectivity index (χ4n) is 4.32. The van der Waals surface area contributed by atoms with Crippen LogP contribution in [0.5, 0.6) is 11.5 Å². The Morgan fingerprint density at radius 2 is 1.92 bits per heavy atom. The third-order valence-corrected chi connectivity index (χ3v) is 7.28. The number of sulfone groups is 1. The van der Waals surface area contributed by atoms with Gasteiger partial charge in [-0.2, -0.15) is 0 Å². The van der Waals surface area contributed by atoms with Gasteiger partial charge in [0.1, 0.15) is 23.1 Å². The van der Waals surface area contributed by atoms with Crippen molar-refractivity contribution in [1.82, 2.24) is 14.9 Å². The highest BCUT2D eigenvalue weighted by Crippen LogP contribution is 2.40. The number of hydrogen-bond donors (Lipinski definition) is 2. The Hall–Kier alpha value is -3.71. The summed E-state index contributed by atoms with van der Waals surface area (Å²) in [4.78, 5) is 33.1. The maximum Gasteiger partial charge on any atom is 0.257 e. The summed E-state index contributed by atoms with van der Waals surface area (Å²) in [6.07, 6.45) is 2.98. The summed E-state index contributed by atoms with van der Waals surface area (Å²) in [5, 5.41) is 2.66. The predicted molar refractivity (Wildman–Crippen MR) is 138 cm³/mol. The van der Waals surface area contributed by atoms with Gasteiger partial charge in [-0.25, -0.2) is 26.6 Å². The lowest BCUT2D eigenvalue weighted by atomic mass is 9.86. The molecular weight excluding hydrogens is 537 g/mol. The number of aromatic amines is 1. The molecule has 1 saturated heterocycles. The summed E-state index contributed by atoms with van der Waals surface area (Å²) < 4.78 is 71.9. The van der Waals surface area contributed by atoms with Crippen molar-refractivity contribution in [1.29, 1.82) is 0 Å². The van der Waals surface area contributed by atoms with Gasteiger partial charge in [-0.3, -0.25) is 14.5 Å². The average molecular weight is 565 g/mol. The number of carbonyl (C=O) groups is 1. The smallest absolute Gasteiger partial charge is 0.257 e. The molecule has 0 spiro atoms. The van der Waals surface area contributed by atoms with Crippen LogP contribution in [0.2, 0.25) is 0 Å². The third kappa shape index (κ3) is 7.24. The van der Waals surface area contributed by atoms with Gasteiger partial charge in [-0.15, -0.1) is 0 Å². The van der Waals surface area contributed by atoms with Crippen molar-refractivity contribution in [3.05, 3.63) is 82.2 Å². The lowest BCUT2D eigenvalue weighted by Crippen LogP contribution is -2.52. The first kappa shape index (κ1) is 28.3. The summed E-state index contributed by atoms with van der Waals surface area (Å²) in [5.74, 6) is -4.92. The molecule has 1 aliphatic rings. The minimum Gasteiger partial charge on any atom is -0.456 e. The molecule has 0 aliphatic carbocycles. The number of nitrogens with one attached hydrogen (secondary N) is 2. The second-order valence-corrected chi connectivity index (χ2v) is 11.7. The Kier molecular flexibility index (Phi) is 8.12. The quantitative estimate of drug-likeness (QED) is 0.428. The number of ether oxygens (including phenoxy) is 1. The van der Waals surface area contributed by atoms with Crippen LogP contribution < -0.4 is 15.6 Å². The molecule has 13 heteroatoms. The second kappa shape index (κ2) is 11.2. The topological polar surface area (TPSA) is 121 Å². The van der Waals surface area contributed by atoms with E-state index in [2.05, 4.69) is 15.3 Å². The Morgan fingerprint density at radius 3 is 2.56 bits per heavy atom. The van der Waals surface area contributed by atoms with Crippen LogP contribution in [-0.2, 0) is 20.4 Å². The first-order valence-corrected chi connectivity index (χ1v) is 14.1. The van der Waals surface area contributed by atoms with Crippen LogP contribution in [0.15, 0.2) is 59.7 Å². The maximum absolute atomic E-state index is 14.9. The van der Waals surface area contributed by atoms with Crippen LogP contribution in [0.1, 0.15) is 30.4 Å². The molecule has 2 atom stereocenters. The molecule has 39 heavy (non-hydrogen) atoms. The van der Waals surface area contributed by atoms with Crippen LogP contribution in [0.3, 0.4) is 0 Å². The van der Waals surface area contributed by atoms with Gasteiger partial charge in [0.05, 0.1) is 23.9 Å². The van der Waals surface area contributed by atoms with E-state index in [0.29, 0.717) is 11.5 Å². The molecular formula is C26H27F3N4O5S. The van der Waals surface area contributed by atoms with Crippen LogP contribution in [0.25, 0.3) is 0 Å². The zero-order valence-corrected chi connectivity index (χ0v) is 22.0. The Bertz CT molecular complexity index is 1500. The van der Waals surface area contributed by atoms with E-state index in [1.165, 1.54) is 48.8 Å². The molecule has 3 heterocycles. The normalized spacial score (nSPS) is 18.3. The van der Waals surface area contributed by atoms with Crippen molar-refractivity contribution in [2.45, 2.75) is 37.0 Å². The third-order valence-electron chi connectivity index (χ3n) is 6.45. The number of nitrogens with zero attached hydrogens (tertiary/aromatic N) is 2. The average Bonchev–Trinajstić information content (AvgIpc) is 2.87. The van der Waals surface area contributed by atoms with Gasteiger partial charge in [0.15, 0.2) is 9.84 Å². The predicted octanol–water partition coefficient (Wildman–Crippen LogP) is 3.70. The SMILES string of the molecule is CC(C(=O)Nc1ccc(Oc2ccc(F)cc2)cn1)N1CCC(F)(F)[C@@H](c2c[nH]c(=O)c(CS(C)(=O)=O)c2)C1. The number of carbonyl (C=O) groups excluding carboxylic acids is 1. The first-order valence-electron chi connectivity index (χ1n) is 12.0.